The lowest BCUT2D eigenvalue weighted by Crippen LogP contribution is -2.32. The van der Waals surface area contributed by atoms with Gasteiger partial charge in [0.1, 0.15) is 9.77 Å². The highest BCUT2D eigenvalue weighted by molar-refractivity contribution is 7.89. The van der Waals surface area contributed by atoms with Crippen molar-refractivity contribution in [2.45, 2.75) is 4.90 Å². The fourth-order valence-corrected chi connectivity index (χ4v) is 6.97. The molecule has 0 radical (unpaired) electrons. The van der Waals surface area contributed by atoms with E-state index in [1.54, 1.807) is 12.1 Å². The first kappa shape index (κ1) is 18.6. The number of fused-ring (bicyclic) bond motifs is 2. The largest absolute Gasteiger partial charge is 0.465 e. The van der Waals surface area contributed by atoms with Gasteiger partial charge in [-0.3, -0.25) is 0 Å². The van der Waals surface area contributed by atoms with Gasteiger partial charge in [-0.15, -0.1) is 23.7 Å². The van der Waals surface area contributed by atoms with Gasteiger partial charge in [0.25, 0.3) is 0 Å². The fraction of sp³-hybridized carbons (Fsp3) is 0.438. The molecule has 2 fully saturated rings. The molecule has 2 aliphatic heterocycles. The van der Waals surface area contributed by atoms with E-state index in [-0.39, 0.29) is 22.2 Å². The molecule has 0 saturated carbocycles. The number of methoxy groups -OCH3 is 1. The van der Waals surface area contributed by atoms with E-state index >= 15 is 0 Å². The topological polar surface area (TPSA) is 75.7 Å². The van der Waals surface area contributed by atoms with Crippen molar-refractivity contribution >= 4 is 49.8 Å². The lowest BCUT2D eigenvalue weighted by atomic mass is 10.0. The summed E-state index contributed by atoms with van der Waals surface area (Å²) in [7, 11) is -2.46. The van der Waals surface area contributed by atoms with Gasteiger partial charge in [0.2, 0.25) is 10.0 Å². The summed E-state index contributed by atoms with van der Waals surface area (Å²) < 4.78 is 33.7. The molecule has 2 aromatic rings. The Balaban J connectivity index is 0.00000182. The quantitative estimate of drug-likeness (QED) is 0.794. The zero-order chi connectivity index (χ0) is 16.9. The second kappa shape index (κ2) is 6.85. The van der Waals surface area contributed by atoms with Crippen molar-refractivity contribution in [1.82, 2.24) is 9.62 Å². The van der Waals surface area contributed by atoms with E-state index in [1.165, 1.54) is 22.8 Å². The summed E-state index contributed by atoms with van der Waals surface area (Å²) in [5.74, 6) is 0.105. The van der Waals surface area contributed by atoms with Crippen LogP contribution in [-0.2, 0) is 14.8 Å². The van der Waals surface area contributed by atoms with Gasteiger partial charge in [-0.2, -0.15) is 4.31 Å². The molecule has 9 heteroatoms. The predicted molar refractivity (Wildman–Crippen MR) is 99.0 cm³/mol. The monoisotopic (exact) mass is 402 g/mol. The Hall–Kier alpha value is -1.19. The number of halogens is 1. The summed E-state index contributed by atoms with van der Waals surface area (Å²) in [6, 6.07) is 7.21. The summed E-state index contributed by atoms with van der Waals surface area (Å²) in [6.45, 7) is 2.71. The van der Waals surface area contributed by atoms with E-state index in [2.05, 4.69) is 5.32 Å². The Morgan fingerprint density at radius 3 is 2.52 bits per heavy atom. The molecule has 136 valence electrons. The molecule has 0 amide bonds. The van der Waals surface area contributed by atoms with Gasteiger partial charge in [0.15, 0.2) is 0 Å². The van der Waals surface area contributed by atoms with Gasteiger partial charge in [0, 0.05) is 23.2 Å². The van der Waals surface area contributed by atoms with E-state index in [0.717, 1.165) is 17.8 Å². The van der Waals surface area contributed by atoms with Crippen molar-refractivity contribution in [2.24, 2.45) is 11.8 Å². The lowest BCUT2D eigenvalue weighted by Gasteiger charge is -2.18. The van der Waals surface area contributed by atoms with Crippen molar-refractivity contribution in [2.75, 3.05) is 33.3 Å². The van der Waals surface area contributed by atoms with E-state index < -0.39 is 16.0 Å². The van der Waals surface area contributed by atoms with Gasteiger partial charge >= 0.3 is 5.97 Å². The molecule has 25 heavy (non-hydrogen) atoms. The molecule has 0 bridgehead atoms. The van der Waals surface area contributed by atoms with E-state index in [0.29, 0.717) is 30.3 Å². The number of hydrogen-bond donors (Lipinski definition) is 1. The normalized spacial score (nSPS) is 23.4. The molecule has 2 atom stereocenters. The number of nitrogens with one attached hydrogen (secondary N) is 1. The maximum atomic E-state index is 13.3. The van der Waals surface area contributed by atoms with Crippen LogP contribution in [0.3, 0.4) is 0 Å². The van der Waals surface area contributed by atoms with Crippen LogP contribution in [0.2, 0.25) is 0 Å². The average molecular weight is 403 g/mol. The Morgan fingerprint density at radius 2 is 1.88 bits per heavy atom. The average Bonchev–Trinajstić information content (AvgIpc) is 3.25. The Morgan fingerprint density at radius 1 is 1.24 bits per heavy atom. The second-order valence-electron chi connectivity index (χ2n) is 6.25. The fourth-order valence-electron chi connectivity index (χ4n) is 3.64. The molecule has 0 aliphatic carbocycles. The third-order valence-electron chi connectivity index (χ3n) is 4.87. The zero-order valence-corrected chi connectivity index (χ0v) is 16.0. The number of thiophene rings is 1. The summed E-state index contributed by atoms with van der Waals surface area (Å²) >= 11 is 1.17. The van der Waals surface area contributed by atoms with Crippen LogP contribution in [0, 0.1) is 11.8 Å². The van der Waals surface area contributed by atoms with Crippen molar-refractivity contribution in [3.05, 3.63) is 29.1 Å². The molecular weight excluding hydrogens is 384 g/mol. The van der Waals surface area contributed by atoms with Crippen molar-refractivity contribution in [1.29, 1.82) is 0 Å². The maximum absolute atomic E-state index is 13.3. The first-order valence-electron chi connectivity index (χ1n) is 7.83. The summed E-state index contributed by atoms with van der Waals surface area (Å²) in [6.07, 6.45) is 0. The molecule has 1 aromatic carbocycles. The van der Waals surface area contributed by atoms with Crippen molar-refractivity contribution in [3.8, 4) is 0 Å². The van der Waals surface area contributed by atoms with Crippen LogP contribution in [0.15, 0.2) is 29.2 Å². The van der Waals surface area contributed by atoms with Crippen LogP contribution in [0.4, 0.5) is 0 Å². The summed E-state index contributed by atoms with van der Waals surface area (Å²) in [4.78, 5) is 12.4. The molecule has 1 aromatic heterocycles. The van der Waals surface area contributed by atoms with Gasteiger partial charge in [-0.25, -0.2) is 13.2 Å². The number of rotatable bonds is 3. The predicted octanol–water partition coefficient (Wildman–Crippen LogP) is 1.95. The first-order chi connectivity index (χ1) is 11.5. The molecule has 0 spiro atoms. The molecule has 2 aliphatic rings. The number of sulfonamides is 1. The van der Waals surface area contributed by atoms with Crippen LogP contribution in [-0.4, -0.2) is 52.0 Å². The highest BCUT2D eigenvalue weighted by Gasteiger charge is 2.43. The van der Waals surface area contributed by atoms with Crippen molar-refractivity contribution < 1.29 is 17.9 Å². The van der Waals surface area contributed by atoms with Gasteiger partial charge < -0.3 is 10.1 Å². The van der Waals surface area contributed by atoms with E-state index in [9.17, 15) is 13.2 Å². The zero-order valence-electron chi connectivity index (χ0n) is 13.6. The molecule has 0 unspecified atom stereocenters. The lowest BCUT2D eigenvalue weighted by molar-refractivity contribution is 0.0602. The number of nitrogens with zero attached hydrogens (tertiary/aromatic N) is 1. The minimum atomic E-state index is -3.73. The smallest absolute Gasteiger partial charge is 0.349 e. The van der Waals surface area contributed by atoms with Crippen LogP contribution in [0.1, 0.15) is 9.67 Å². The van der Waals surface area contributed by atoms with Crippen LogP contribution in [0.25, 0.3) is 10.1 Å². The number of benzene rings is 1. The molecule has 6 nitrogen and oxygen atoms in total. The number of hydrogen-bond acceptors (Lipinski definition) is 6. The van der Waals surface area contributed by atoms with Gasteiger partial charge in [0.05, 0.1) is 7.11 Å². The van der Waals surface area contributed by atoms with Gasteiger partial charge in [-0.1, -0.05) is 18.2 Å². The molecule has 1 N–H and O–H groups in total. The summed E-state index contributed by atoms with van der Waals surface area (Å²) in [5, 5.41) is 3.90. The number of ether oxygens (including phenoxy) is 1. The Labute approximate surface area is 156 Å². The van der Waals surface area contributed by atoms with E-state index in [4.69, 9.17) is 4.74 Å². The van der Waals surface area contributed by atoms with Gasteiger partial charge in [-0.05, 0) is 31.0 Å². The highest BCUT2D eigenvalue weighted by Crippen LogP contribution is 2.39. The standard InChI is InChI=1S/C16H18N2O4S2.ClH/c1-22-16(19)14-15(12-4-2-3-5-13(12)23-14)24(20,21)18-8-10-6-17-7-11(10)9-18;/h2-5,10-11,17H,6-9H2,1H3;1H/t10-,11+;. The number of carbonyl (C=O) groups excluding carboxylic acids is 1. The SMILES string of the molecule is COC(=O)c1sc2ccccc2c1S(=O)(=O)N1C[C@H]2CNC[C@H]2C1.Cl. The first-order valence-corrected chi connectivity index (χ1v) is 10.1. The van der Waals surface area contributed by atoms with E-state index in [1.807, 2.05) is 12.1 Å². The summed E-state index contributed by atoms with van der Waals surface area (Å²) in [5.41, 5.74) is 0. The van der Waals surface area contributed by atoms with Crippen LogP contribution >= 0.6 is 23.7 Å². The molecule has 2 saturated heterocycles. The van der Waals surface area contributed by atoms with Crippen molar-refractivity contribution in [3.63, 3.8) is 0 Å². The highest BCUT2D eigenvalue weighted by atomic mass is 35.5. The minimum absolute atomic E-state index is 0. The third kappa shape index (κ3) is 2.96. The van der Waals surface area contributed by atoms with Crippen LogP contribution < -0.4 is 5.32 Å². The molecular formula is C16H19ClN2O4S2. The Kier molecular flexibility index (Phi) is 5.09. The minimum Gasteiger partial charge on any atom is -0.465 e. The number of carbonyl (C=O) groups is 1. The second-order valence-corrected chi connectivity index (χ2v) is 9.18. The third-order valence-corrected chi connectivity index (χ3v) is 8.07. The Bertz CT molecular complexity index is 900. The molecule has 4 rings (SSSR count). The molecule has 3 heterocycles. The maximum Gasteiger partial charge on any atom is 0.349 e. The van der Waals surface area contributed by atoms with Crippen LogP contribution in [0.5, 0.6) is 0 Å². The number of esters is 1.